The van der Waals surface area contributed by atoms with Crippen LogP contribution >= 0.6 is 0 Å². The van der Waals surface area contributed by atoms with Crippen LogP contribution < -0.4 is 0 Å². The molecule has 2 heterocycles. The maximum atomic E-state index is 4.52. The third-order valence-corrected chi connectivity index (χ3v) is 4.63. The molecule has 1 aliphatic carbocycles. The molecule has 0 aliphatic heterocycles. The Labute approximate surface area is 129 Å². The Balaban J connectivity index is 1.66. The van der Waals surface area contributed by atoms with Crippen molar-refractivity contribution in [2.24, 2.45) is 0 Å². The van der Waals surface area contributed by atoms with Gasteiger partial charge < -0.3 is 4.57 Å². The summed E-state index contributed by atoms with van der Waals surface area (Å²) >= 11 is 0. The Kier molecular flexibility index (Phi) is 3.06. The number of aromatic nitrogens is 5. The van der Waals surface area contributed by atoms with Gasteiger partial charge >= 0.3 is 0 Å². The summed E-state index contributed by atoms with van der Waals surface area (Å²) < 4.78 is 4.24. The third kappa shape index (κ3) is 2.04. The van der Waals surface area contributed by atoms with Gasteiger partial charge in [0.15, 0.2) is 0 Å². The highest BCUT2D eigenvalue weighted by molar-refractivity contribution is 5.33. The van der Waals surface area contributed by atoms with Gasteiger partial charge in [-0.1, -0.05) is 24.3 Å². The van der Waals surface area contributed by atoms with E-state index in [1.165, 1.54) is 11.1 Å². The second-order valence-corrected chi connectivity index (χ2v) is 5.95. The number of hydrogen-bond donors (Lipinski definition) is 0. The van der Waals surface area contributed by atoms with Gasteiger partial charge in [-0.3, -0.25) is 0 Å². The molecule has 4 rings (SSSR count). The molecule has 0 fully saturated rings. The summed E-state index contributed by atoms with van der Waals surface area (Å²) in [6, 6.07) is 9.15. The molecule has 0 saturated carbocycles. The molecule has 0 saturated heterocycles. The van der Waals surface area contributed by atoms with E-state index in [1.807, 2.05) is 19.3 Å². The standard InChI is InChI=1S/C17H19N5/c1-12(21-8-7-18-13(21)2)17-19-11-20-22(17)16-9-14-5-3-4-6-15(14)10-16/h3-8,11-12,16H,9-10H2,1-2H3/t12-/m1/s1. The number of hydrogen-bond acceptors (Lipinski definition) is 3. The van der Waals surface area contributed by atoms with Gasteiger partial charge in [-0.15, -0.1) is 0 Å². The fourth-order valence-electron chi connectivity index (χ4n) is 3.47. The Hall–Kier alpha value is -2.43. The fourth-order valence-corrected chi connectivity index (χ4v) is 3.47. The van der Waals surface area contributed by atoms with E-state index in [0.29, 0.717) is 6.04 Å². The average Bonchev–Trinajstić information content (AvgIpc) is 3.24. The monoisotopic (exact) mass is 293 g/mol. The van der Waals surface area contributed by atoms with Crippen molar-refractivity contribution in [1.29, 1.82) is 0 Å². The van der Waals surface area contributed by atoms with E-state index in [2.05, 4.69) is 55.5 Å². The van der Waals surface area contributed by atoms with Crippen LogP contribution in [0.1, 0.15) is 41.8 Å². The van der Waals surface area contributed by atoms with Gasteiger partial charge in [0.2, 0.25) is 0 Å². The predicted molar refractivity (Wildman–Crippen MR) is 83.7 cm³/mol. The smallest absolute Gasteiger partial charge is 0.149 e. The van der Waals surface area contributed by atoms with Gasteiger partial charge in [0.25, 0.3) is 0 Å². The summed E-state index contributed by atoms with van der Waals surface area (Å²) in [5, 5.41) is 4.51. The molecule has 3 aromatic rings. The fraction of sp³-hybridized carbons (Fsp3) is 0.353. The second-order valence-electron chi connectivity index (χ2n) is 5.95. The number of nitrogens with zero attached hydrogens (tertiary/aromatic N) is 5. The summed E-state index contributed by atoms with van der Waals surface area (Å²) in [5.41, 5.74) is 2.86. The number of aryl methyl sites for hydroxylation is 1. The minimum absolute atomic E-state index is 0.133. The van der Waals surface area contributed by atoms with Gasteiger partial charge in [-0.2, -0.15) is 5.10 Å². The first-order valence-corrected chi connectivity index (χ1v) is 7.69. The summed E-state index contributed by atoms with van der Waals surface area (Å²) in [7, 11) is 0. The van der Waals surface area contributed by atoms with Crippen LogP contribution in [-0.4, -0.2) is 24.3 Å². The molecule has 1 aromatic carbocycles. The maximum Gasteiger partial charge on any atom is 0.149 e. The van der Waals surface area contributed by atoms with Crippen LogP contribution in [0.4, 0.5) is 0 Å². The summed E-state index contributed by atoms with van der Waals surface area (Å²) in [6.07, 6.45) is 7.56. The van der Waals surface area contributed by atoms with E-state index >= 15 is 0 Å². The molecule has 2 aromatic heterocycles. The minimum atomic E-state index is 0.133. The molecular weight excluding hydrogens is 274 g/mol. The topological polar surface area (TPSA) is 48.5 Å². The van der Waals surface area contributed by atoms with Crippen molar-refractivity contribution in [2.45, 2.75) is 38.8 Å². The van der Waals surface area contributed by atoms with E-state index in [-0.39, 0.29) is 6.04 Å². The van der Waals surface area contributed by atoms with Gasteiger partial charge in [0.1, 0.15) is 18.0 Å². The lowest BCUT2D eigenvalue weighted by Gasteiger charge is -2.19. The molecule has 112 valence electrons. The molecule has 0 radical (unpaired) electrons. The van der Waals surface area contributed by atoms with E-state index in [1.54, 1.807) is 6.33 Å². The third-order valence-electron chi connectivity index (χ3n) is 4.63. The minimum Gasteiger partial charge on any atom is -0.325 e. The molecule has 0 spiro atoms. The van der Waals surface area contributed by atoms with E-state index < -0.39 is 0 Å². The van der Waals surface area contributed by atoms with Crippen molar-refractivity contribution >= 4 is 0 Å². The summed E-state index contributed by atoms with van der Waals surface area (Å²) in [4.78, 5) is 8.84. The van der Waals surface area contributed by atoms with Crippen molar-refractivity contribution in [3.63, 3.8) is 0 Å². The molecule has 0 unspecified atom stereocenters. The number of imidazole rings is 1. The molecule has 5 heteroatoms. The lowest BCUT2D eigenvalue weighted by Crippen LogP contribution is -2.19. The predicted octanol–water partition coefficient (Wildman–Crippen LogP) is 2.73. The molecule has 22 heavy (non-hydrogen) atoms. The largest absolute Gasteiger partial charge is 0.325 e. The first-order valence-electron chi connectivity index (χ1n) is 7.69. The second kappa shape index (κ2) is 5.09. The molecule has 1 aliphatic rings. The molecule has 0 N–H and O–H groups in total. The Bertz CT molecular complexity index is 776. The summed E-state index contributed by atoms with van der Waals surface area (Å²) in [5.74, 6) is 2.00. The van der Waals surface area contributed by atoms with Crippen molar-refractivity contribution in [2.75, 3.05) is 0 Å². The van der Waals surface area contributed by atoms with Crippen LogP contribution in [-0.2, 0) is 12.8 Å². The van der Waals surface area contributed by atoms with Crippen molar-refractivity contribution in [3.8, 4) is 0 Å². The SMILES string of the molecule is Cc1nccn1[C@H](C)c1ncnn1C1Cc2ccccc2C1. The van der Waals surface area contributed by atoms with Gasteiger partial charge in [-0.05, 0) is 37.8 Å². The van der Waals surface area contributed by atoms with Gasteiger partial charge in [-0.25, -0.2) is 14.6 Å². The van der Waals surface area contributed by atoms with Crippen LogP contribution in [0.5, 0.6) is 0 Å². The highest BCUT2D eigenvalue weighted by Gasteiger charge is 2.27. The lowest BCUT2D eigenvalue weighted by atomic mass is 10.1. The summed E-state index contributed by atoms with van der Waals surface area (Å²) in [6.45, 7) is 4.17. The normalized spacial score (nSPS) is 15.9. The quantitative estimate of drug-likeness (QED) is 0.746. The first kappa shape index (κ1) is 13.2. The molecular formula is C17H19N5. The molecule has 5 nitrogen and oxygen atoms in total. The lowest BCUT2D eigenvalue weighted by molar-refractivity contribution is 0.426. The highest BCUT2D eigenvalue weighted by Crippen LogP contribution is 2.31. The van der Waals surface area contributed by atoms with Gasteiger partial charge in [0.05, 0.1) is 12.1 Å². The van der Waals surface area contributed by atoms with E-state index in [0.717, 1.165) is 24.5 Å². The van der Waals surface area contributed by atoms with E-state index in [9.17, 15) is 0 Å². The number of benzene rings is 1. The van der Waals surface area contributed by atoms with Gasteiger partial charge in [0, 0.05) is 12.4 Å². The molecule has 0 bridgehead atoms. The zero-order valence-corrected chi connectivity index (χ0v) is 12.8. The van der Waals surface area contributed by atoms with Crippen LogP contribution in [0.25, 0.3) is 0 Å². The molecule has 1 atom stereocenters. The van der Waals surface area contributed by atoms with Crippen LogP contribution in [0, 0.1) is 6.92 Å². The van der Waals surface area contributed by atoms with Crippen LogP contribution in [0.3, 0.4) is 0 Å². The first-order chi connectivity index (χ1) is 10.7. The van der Waals surface area contributed by atoms with Crippen molar-refractivity contribution in [3.05, 3.63) is 65.8 Å². The Morgan fingerprint density at radius 3 is 2.50 bits per heavy atom. The average molecular weight is 293 g/mol. The Morgan fingerprint density at radius 2 is 1.86 bits per heavy atom. The number of rotatable bonds is 3. The maximum absolute atomic E-state index is 4.52. The van der Waals surface area contributed by atoms with E-state index in [4.69, 9.17) is 0 Å². The Morgan fingerprint density at radius 1 is 1.14 bits per heavy atom. The zero-order valence-electron chi connectivity index (χ0n) is 12.8. The van der Waals surface area contributed by atoms with Crippen molar-refractivity contribution in [1.82, 2.24) is 24.3 Å². The number of fused-ring (bicyclic) bond motifs is 1. The molecule has 0 amide bonds. The zero-order chi connectivity index (χ0) is 15.1. The van der Waals surface area contributed by atoms with Crippen molar-refractivity contribution < 1.29 is 0 Å². The van der Waals surface area contributed by atoms with Crippen LogP contribution in [0.2, 0.25) is 0 Å². The van der Waals surface area contributed by atoms with Crippen LogP contribution in [0.15, 0.2) is 43.0 Å². The highest BCUT2D eigenvalue weighted by atomic mass is 15.4.